The smallest absolute Gasteiger partial charge is 0.308 e. The summed E-state index contributed by atoms with van der Waals surface area (Å²) >= 11 is 0. The van der Waals surface area contributed by atoms with E-state index >= 15 is 0 Å². The molecule has 0 radical (unpaired) electrons. The molecule has 1 fully saturated rings. The van der Waals surface area contributed by atoms with Gasteiger partial charge in [0.25, 0.3) is 0 Å². The highest BCUT2D eigenvalue weighted by atomic mass is 16.7. The van der Waals surface area contributed by atoms with E-state index in [1.54, 1.807) is 13.8 Å². The lowest BCUT2D eigenvalue weighted by molar-refractivity contribution is -0.267. The summed E-state index contributed by atoms with van der Waals surface area (Å²) in [5.74, 6) is -1.61. The van der Waals surface area contributed by atoms with Crippen molar-refractivity contribution in [2.75, 3.05) is 6.61 Å². The van der Waals surface area contributed by atoms with Crippen molar-refractivity contribution >= 4 is 17.8 Å². The fourth-order valence-corrected chi connectivity index (χ4v) is 2.50. The van der Waals surface area contributed by atoms with Gasteiger partial charge in [-0.25, -0.2) is 0 Å². The second-order valence-corrected chi connectivity index (χ2v) is 5.89. The van der Waals surface area contributed by atoms with Crippen LogP contribution in [-0.2, 0) is 28.6 Å². The Morgan fingerprint density at radius 2 is 1.64 bits per heavy atom. The van der Waals surface area contributed by atoms with Crippen LogP contribution < -0.4 is 5.32 Å². The molecule has 0 bridgehead atoms. The number of nitrogens with one attached hydrogen (secondary N) is 1. The zero-order valence-electron chi connectivity index (χ0n) is 14.8. The van der Waals surface area contributed by atoms with E-state index in [0.717, 1.165) is 0 Å². The molecule has 1 unspecified atom stereocenters. The average molecular weight is 361 g/mol. The van der Waals surface area contributed by atoms with Gasteiger partial charge in [0.15, 0.2) is 6.10 Å². The molecule has 1 heterocycles. The fourth-order valence-electron chi connectivity index (χ4n) is 2.50. The van der Waals surface area contributed by atoms with Gasteiger partial charge in [0.1, 0.15) is 18.2 Å². The summed E-state index contributed by atoms with van der Waals surface area (Å²) in [6.07, 6.45) is -3.65. The van der Waals surface area contributed by atoms with Crippen LogP contribution in [0, 0.1) is 0 Å². The monoisotopic (exact) mass is 361 g/mol. The number of ether oxygens (including phenoxy) is 3. The Morgan fingerprint density at radius 3 is 2.12 bits per heavy atom. The lowest BCUT2D eigenvalue weighted by Crippen LogP contribution is -2.65. The van der Waals surface area contributed by atoms with E-state index in [1.165, 1.54) is 6.92 Å². The van der Waals surface area contributed by atoms with Crippen LogP contribution in [0.5, 0.6) is 0 Å². The Labute approximate surface area is 146 Å². The van der Waals surface area contributed by atoms with E-state index in [2.05, 4.69) is 5.32 Å². The minimum absolute atomic E-state index is 0.126. The van der Waals surface area contributed by atoms with Gasteiger partial charge in [-0.2, -0.15) is 0 Å². The maximum atomic E-state index is 11.9. The number of carbonyl (C=O) groups is 3. The number of rotatable bonds is 8. The van der Waals surface area contributed by atoms with Crippen LogP contribution in [0.3, 0.4) is 0 Å². The van der Waals surface area contributed by atoms with Crippen LogP contribution >= 0.6 is 0 Å². The summed E-state index contributed by atoms with van der Waals surface area (Å²) < 4.78 is 15.9. The molecule has 5 atom stereocenters. The predicted octanol–water partition coefficient (Wildman–Crippen LogP) is -0.376. The molecule has 0 saturated carbocycles. The lowest BCUT2D eigenvalue weighted by atomic mass is 9.96. The first-order valence-corrected chi connectivity index (χ1v) is 8.44. The molecule has 1 rings (SSSR count). The summed E-state index contributed by atoms with van der Waals surface area (Å²) in [5, 5.41) is 22.2. The Hall–Kier alpha value is -1.71. The van der Waals surface area contributed by atoms with Crippen molar-refractivity contribution in [1.29, 1.82) is 0 Å². The number of hydrogen-bond acceptors (Lipinski definition) is 8. The predicted molar refractivity (Wildman–Crippen MR) is 85.1 cm³/mol. The first-order chi connectivity index (χ1) is 11.8. The highest BCUT2D eigenvalue weighted by Crippen LogP contribution is 2.25. The standard InChI is InChI=1S/C16H27NO8/c1-4-6-11(20)24-15-13(17-9(3)19)16(25-12(21)7-5-2)23-10(8-18)14(15)22/h10,13-16,18,22H,4-8H2,1-3H3,(H,17,19)/t10-,13+,14-,15-,16?/m1/s1. The zero-order valence-corrected chi connectivity index (χ0v) is 14.8. The fraction of sp³-hybridized carbons (Fsp3) is 0.812. The topological polar surface area (TPSA) is 131 Å². The van der Waals surface area contributed by atoms with Gasteiger partial charge in [-0.1, -0.05) is 13.8 Å². The van der Waals surface area contributed by atoms with E-state index in [9.17, 15) is 24.6 Å². The second-order valence-electron chi connectivity index (χ2n) is 5.89. The van der Waals surface area contributed by atoms with Crippen molar-refractivity contribution in [2.45, 2.75) is 77.1 Å². The molecular formula is C16H27NO8. The number of aliphatic hydroxyl groups is 2. The van der Waals surface area contributed by atoms with E-state index < -0.39 is 55.1 Å². The third-order valence-corrected chi connectivity index (χ3v) is 3.65. The molecule has 0 aromatic rings. The van der Waals surface area contributed by atoms with E-state index in [1.807, 2.05) is 0 Å². The van der Waals surface area contributed by atoms with E-state index in [4.69, 9.17) is 14.2 Å². The van der Waals surface area contributed by atoms with Gasteiger partial charge in [0, 0.05) is 19.8 Å². The first-order valence-electron chi connectivity index (χ1n) is 8.44. The Kier molecular flexibility index (Phi) is 8.81. The quantitative estimate of drug-likeness (QED) is 0.499. The molecule has 9 heteroatoms. The van der Waals surface area contributed by atoms with Gasteiger partial charge in [-0.05, 0) is 12.8 Å². The molecule has 1 amide bonds. The molecular weight excluding hydrogens is 334 g/mol. The molecule has 0 aliphatic carbocycles. The third kappa shape index (κ3) is 6.26. The number of carbonyl (C=O) groups excluding carboxylic acids is 3. The number of amides is 1. The van der Waals surface area contributed by atoms with Gasteiger partial charge in [-0.15, -0.1) is 0 Å². The summed E-state index contributed by atoms with van der Waals surface area (Å²) in [5.41, 5.74) is 0. The molecule has 0 aromatic carbocycles. The average Bonchev–Trinajstić information content (AvgIpc) is 2.53. The van der Waals surface area contributed by atoms with Crippen molar-refractivity contribution in [3.63, 3.8) is 0 Å². The van der Waals surface area contributed by atoms with Crippen LogP contribution in [0.15, 0.2) is 0 Å². The van der Waals surface area contributed by atoms with Crippen LogP contribution in [0.4, 0.5) is 0 Å². The van der Waals surface area contributed by atoms with E-state index in [-0.39, 0.29) is 12.8 Å². The highest BCUT2D eigenvalue weighted by Gasteiger charge is 2.49. The SMILES string of the molecule is CCCC(=O)OC1O[C@H](CO)[C@@H](O)[C@H](OC(=O)CCC)[C@@H]1NC(C)=O. The van der Waals surface area contributed by atoms with E-state index in [0.29, 0.717) is 12.8 Å². The Morgan fingerprint density at radius 1 is 1.08 bits per heavy atom. The Bertz CT molecular complexity index is 469. The Balaban J connectivity index is 3.04. The number of esters is 2. The van der Waals surface area contributed by atoms with Gasteiger partial charge in [0.2, 0.25) is 12.2 Å². The molecule has 9 nitrogen and oxygen atoms in total. The molecule has 3 N–H and O–H groups in total. The first kappa shape index (κ1) is 21.3. The maximum absolute atomic E-state index is 11.9. The van der Waals surface area contributed by atoms with Gasteiger partial charge >= 0.3 is 11.9 Å². The van der Waals surface area contributed by atoms with Gasteiger partial charge < -0.3 is 29.7 Å². The van der Waals surface area contributed by atoms with Gasteiger partial charge in [0.05, 0.1) is 6.61 Å². The highest BCUT2D eigenvalue weighted by molar-refractivity contribution is 5.74. The normalized spacial score (nSPS) is 28.9. The van der Waals surface area contributed by atoms with Crippen LogP contribution in [0.1, 0.15) is 46.5 Å². The summed E-state index contributed by atoms with van der Waals surface area (Å²) in [7, 11) is 0. The van der Waals surface area contributed by atoms with Crippen molar-refractivity contribution in [1.82, 2.24) is 5.32 Å². The van der Waals surface area contributed by atoms with Crippen LogP contribution in [0.2, 0.25) is 0 Å². The number of hydrogen-bond donors (Lipinski definition) is 3. The van der Waals surface area contributed by atoms with Crippen molar-refractivity contribution in [2.24, 2.45) is 0 Å². The minimum Gasteiger partial charge on any atom is -0.457 e. The largest absolute Gasteiger partial charge is 0.457 e. The van der Waals surface area contributed by atoms with Crippen molar-refractivity contribution < 1.29 is 38.8 Å². The van der Waals surface area contributed by atoms with Crippen molar-refractivity contribution in [3.8, 4) is 0 Å². The summed E-state index contributed by atoms with van der Waals surface area (Å²) in [6.45, 7) is 4.25. The summed E-state index contributed by atoms with van der Waals surface area (Å²) in [6, 6.07) is -1.09. The van der Waals surface area contributed by atoms with Crippen LogP contribution in [-0.4, -0.2) is 65.3 Å². The molecule has 0 spiro atoms. The summed E-state index contributed by atoms with van der Waals surface area (Å²) in [4.78, 5) is 35.2. The number of aliphatic hydroxyl groups excluding tert-OH is 2. The molecule has 1 aliphatic rings. The second kappa shape index (κ2) is 10.3. The third-order valence-electron chi connectivity index (χ3n) is 3.65. The van der Waals surface area contributed by atoms with Crippen molar-refractivity contribution in [3.05, 3.63) is 0 Å². The molecule has 1 aliphatic heterocycles. The molecule has 25 heavy (non-hydrogen) atoms. The van der Waals surface area contributed by atoms with Gasteiger partial charge in [-0.3, -0.25) is 14.4 Å². The minimum atomic E-state index is -1.39. The maximum Gasteiger partial charge on any atom is 0.308 e. The van der Waals surface area contributed by atoms with Crippen LogP contribution in [0.25, 0.3) is 0 Å². The molecule has 1 saturated heterocycles. The molecule has 144 valence electrons. The lowest BCUT2D eigenvalue weighted by Gasteiger charge is -2.43. The molecule has 0 aromatic heterocycles. The zero-order chi connectivity index (χ0) is 19.0.